The van der Waals surface area contributed by atoms with Crippen molar-refractivity contribution in [3.05, 3.63) is 54.1 Å². The van der Waals surface area contributed by atoms with Crippen LogP contribution in [0.4, 0.5) is 0 Å². The van der Waals surface area contributed by atoms with Crippen molar-refractivity contribution < 1.29 is 18.5 Å². The van der Waals surface area contributed by atoms with Gasteiger partial charge >= 0.3 is 5.97 Å². The van der Waals surface area contributed by atoms with Gasteiger partial charge in [-0.25, -0.2) is 4.79 Å². The van der Waals surface area contributed by atoms with Crippen molar-refractivity contribution in [2.75, 3.05) is 13.4 Å². The van der Waals surface area contributed by atoms with Gasteiger partial charge in [0, 0.05) is 22.0 Å². The summed E-state index contributed by atoms with van der Waals surface area (Å²) in [7, 11) is 0.446. The van der Waals surface area contributed by atoms with E-state index in [1.807, 2.05) is 0 Å². The molecule has 4 nitrogen and oxygen atoms in total. The zero-order valence-electron chi connectivity index (χ0n) is 11.2. The summed E-state index contributed by atoms with van der Waals surface area (Å²) >= 11 is 0. The lowest BCUT2D eigenvalue weighted by Gasteiger charge is -2.08. The standard InChI is InChI=1S/C15H14O4S/c1-18-13-5-3-4-6-14(13)19-15(16)11-7-9-12(10-8-11)20(2)17/h3-10H,1-2H3. The first-order chi connectivity index (χ1) is 9.61. The van der Waals surface area contributed by atoms with E-state index in [1.54, 1.807) is 54.8 Å². The number of carbonyl (C=O) groups excluding carboxylic acids is 1. The maximum atomic E-state index is 12.0. The Kier molecular flexibility index (Phi) is 4.53. The van der Waals surface area contributed by atoms with Gasteiger partial charge in [-0.2, -0.15) is 0 Å². The largest absolute Gasteiger partial charge is 0.493 e. The number of benzene rings is 2. The molecular weight excluding hydrogens is 276 g/mol. The highest BCUT2D eigenvalue weighted by Crippen LogP contribution is 2.26. The Labute approximate surface area is 119 Å². The molecule has 0 heterocycles. The van der Waals surface area contributed by atoms with Gasteiger partial charge in [0.05, 0.1) is 12.7 Å². The van der Waals surface area contributed by atoms with Crippen LogP contribution in [-0.4, -0.2) is 23.5 Å². The van der Waals surface area contributed by atoms with Crippen molar-refractivity contribution in [2.24, 2.45) is 0 Å². The van der Waals surface area contributed by atoms with E-state index in [-0.39, 0.29) is 0 Å². The summed E-state index contributed by atoms with van der Waals surface area (Å²) in [4.78, 5) is 12.7. The molecule has 0 aliphatic rings. The second kappa shape index (κ2) is 6.34. The quantitative estimate of drug-likeness (QED) is 0.641. The number of para-hydroxylation sites is 2. The van der Waals surface area contributed by atoms with Crippen LogP contribution in [-0.2, 0) is 10.8 Å². The minimum absolute atomic E-state index is 0.364. The third-order valence-corrected chi connectivity index (χ3v) is 3.63. The lowest BCUT2D eigenvalue weighted by atomic mass is 10.2. The number of carbonyl (C=O) groups is 1. The van der Waals surface area contributed by atoms with E-state index in [1.165, 1.54) is 7.11 Å². The fourth-order valence-corrected chi connectivity index (χ4v) is 2.16. The van der Waals surface area contributed by atoms with Crippen molar-refractivity contribution >= 4 is 16.8 Å². The molecule has 2 rings (SSSR count). The van der Waals surface area contributed by atoms with Crippen molar-refractivity contribution in [1.29, 1.82) is 0 Å². The second-order valence-corrected chi connectivity index (χ2v) is 5.40. The van der Waals surface area contributed by atoms with E-state index in [0.29, 0.717) is 22.0 Å². The highest BCUT2D eigenvalue weighted by Gasteiger charge is 2.12. The van der Waals surface area contributed by atoms with Crippen LogP contribution in [0.1, 0.15) is 10.4 Å². The number of ether oxygens (including phenoxy) is 2. The summed E-state index contributed by atoms with van der Waals surface area (Å²) < 4.78 is 21.7. The molecule has 0 N–H and O–H groups in total. The first-order valence-corrected chi connectivity index (χ1v) is 7.46. The van der Waals surface area contributed by atoms with Crippen LogP contribution < -0.4 is 9.47 Å². The Morgan fingerprint density at radius 3 is 2.15 bits per heavy atom. The van der Waals surface area contributed by atoms with Gasteiger partial charge in [0.15, 0.2) is 11.5 Å². The number of esters is 1. The van der Waals surface area contributed by atoms with Gasteiger partial charge in [0.2, 0.25) is 0 Å². The van der Waals surface area contributed by atoms with Crippen LogP contribution in [0.5, 0.6) is 11.5 Å². The molecule has 2 aromatic carbocycles. The van der Waals surface area contributed by atoms with E-state index in [0.717, 1.165) is 0 Å². The van der Waals surface area contributed by atoms with E-state index in [9.17, 15) is 9.00 Å². The van der Waals surface area contributed by atoms with Crippen LogP contribution >= 0.6 is 0 Å². The van der Waals surface area contributed by atoms with Crippen LogP contribution in [0.15, 0.2) is 53.4 Å². The van der Waals surface area contributed by atoms with E-state index in [2.05, 4.69) is 0 Å². The SMILES string of the molecule is COc1ccccc1OC(=O)c1ccc(S(C)=O)cc1. The maximum Gasteiger partial charge on any atom is 0.343 e. The van der Waals surface area contributed by atoms with Gasteiger partial charge < -0.3 is 9.47 Å². The zero-order chi connectivity index (χ0) is 14.5. The molecule has 2 aromatic rings. The number of rotatable bonds is 4. The van der Waals surface area contributed by atoms with Gasteiger partial charge in [-0.15, -0.1) is 0 Å². The number of hydrogen-bond donors (Lipinski definition) is 0. The molecule has 0 aliphatic heterocycles. The monoisotopic (exact) mass is 290 g/mol. The third kappa shape index (κ3) is 3.24. The summed E-state index contributed by atoms with van der Waals surface area (Å²) in [6, 6.07) is 13.4. The first kappa shape index (κ1) is 14.3. The molecule has 0 aliphatic carbocycles. The Morgan fingerprint density at radius 1 is 1.00 bits per heavy atom. The van der Waals surface area contributed by atoms with Gasteiger partial charge in [-0.05, 0) is 36.4 Å². The Balaban J connectivity index is 2.17. The fraction of sp³-hybridized carbons (Fsp3) is 0.133. The molecule has 0 radical (unpaired) electrons. The third-order valence-electron chi connectivity index (χ3n) is 2.69. The van der Waals surface area contributed by atoms with Crippen LogP contribution in [0.2, 0.25) is 0 Å². The van der Waals surface area contributed by atoms with Gasteiger partial charge in [-0.3, -0.25) is 4.21 Å². The Morgan fingerprint density at radius 2 is 1.60 bits per heavy atom. The molecule has 1 atom stereocenters. The smallest absolute Gasteiger partial charge is 0.343 e. The summed E-state index contributed by atoms with van der Waals surface area (Å²) in [5, 5.41) is 0. The van der Waals surface area contributed by atoms with E-state index in [4.69, 9.17) is 9.47 Å². The molecule has 20 heavy (non-hydrogen) atoms. The molecule has 0 saturated heterocycles. The molecular formula is C15H14O4S. The molecule has 0 spiro atoms. The molecule has 0 aromatic heterocycles. The van der Waals surface area contributed by atoms with E-state index >= 15 is 0 Å². The minimum atomic E-state index is -1.07. The van der Waals surface area contributed by atoms with Gasteiger partial charge in [0.1, 0.15) is 0 Å². The second-order valence-electron chi connectivity index (χ2n) is 4.02. The van der Waals surface area contributed by atoms with Crippen LogP contribution in [0.3, 0.4) is 0 Å². The topological polar surface area (TPSA) is 52.6 Å². The Hall–Kier alpha value is -2.14. The zero-order valence-corrected chi connectivity index (χ0v) is 12.0. The molecule has 5 heteroatoms. The first-order valence-electron chi connectivity index (χ1n) is 5.90. The molecule has 1 unspecified atom stereocenters. The molecule has 0 saturated carbocycles. The minimum Gasteiger partial charge on any atom is -0.493 e. The highest BCUT2D eigenvalue weighted by atomic mass is 32.2. The van der Waals surface area contributed by atoms with Crippen molar-refractivity contribution in [3.8, 4) is 11.5 Å². The van der Waals surface area contributed by atoms with Crippen LogP contribution in [0, 0.1) is 0 Å². The number of hydrogen-bond acceptors (Lipinski definition) is 4. The summed E-state index contributed by atoms with van der Waals surface area (Å²) in [6.45, 7) is 0. The van der Waals surface area contributed by atoms with Gasteiger partial charge in [0.25, 0.3) is 0 Å². The Bertz CT molecular complexity index is 635. The highest BCUT2D eigenvalue weighted by molar-refractivity contribution is 7.84. The average molecular weight is 290 g/mol. The summed E-state index contributed by atoms with van der Waals surface area (Å²) in [6.07, 6.45) is 1.59. The van der Waals surface area contributed by atoms with Crippen molar-refractivity contribution in [3.63, 3.8) is 0 Å². The molecule has 0 amide bonds. The summed E-state index contributed by atoms with van der Waals surface area (Å²) in [5.74, 6) is 0.373. The predicted molar refractivity (Wildman–Crippen MR) is 76.7 cm³/mol. The van der Waals surface area contributed by atoms with Crippen LogP contribution in [0.25, 0.3) is 0 Å². The average Bonchev–Trinajstić information content (AvgIpc) is 2.48. The maximum absolute atomic E-state index is 12.0. The van der Waals surface area contributed by atoms with Crippen molar-refractivity contribution in [2.45, 2.75) is 4.90 Å². The van der Waals surface area contributed by atoms with E-state index < -0.39 is 16.8 Å². The summed E-state index contributed by atoms with van der Waals surface area (Å²) in [5.41, 5.74) is 0.394. The molecule has 104 valence electrons. The normalized spacial score (nSPS) is 11.7. The lowest BCUT2D eigenvalue weighted by molar-refractivity contribution is 0.0729. The van der Waals surface area contributed by atoms with Crippen molar-refractivity contribution in [1.82, 2.24) is 0 Å². The molecule has 0 fully saturated rings. The predicted octanol–water partition coefficient (Wildman–Crippen LogP) is 2.65. The fourth-order valence-electron chi connectivity index (χ4n) is 1.64. The lowest BCUT2D eigenvalue weighted by Crippen LogP contribution is -2.09. The molecule has 0 bridgehead atoms. The van der Waals surface area contributed by atoms with Gasteiger partial charge in [-0.1, -0.05) is 12.1 Å². The number of methoxy groups -OCH3 is 1.